The van der Waals surface area contributed by atoms with Crippen molar-refractivity contribution in [3.05, 3.63) is 29.8 Å². The molecule has 1 aromatic carbocycles. The van der Waals surface area contributed by atoms with E-state index in [4.69, 9.17) is 0 Å². The number of halogens is 3. The summed E-state index contributed by atoms with van der Waals surface area (Å²) < 4.78 is 37.9. The van der Waals surface area contributed by atoms with Crippen molar-refractivity contribution in [2.45, 2.75) is 25.6 Å². The third-order valence-electron chi connectivity index (χ3n) is 4.89. The van der Waals surface area contributed by atoms with E-state index in [1.54, 1.807) is 25.9 Å². The number of hydrogen-bond acceptors (Lipinski definition) is 4. The lowest BCUT2D eigenvalue weighted by Gasteiger charge is -2.27. The molecule has 9 heteroatoms. The number of carbonyl (C=O) groups excluding carboxylic acids is 2. The molecule has 1 saturated heterocycles. The summed E-state index contributed by atoms with van der Waals surface area (Å²) in [7, 11) is 3.44. The van der Waals surface area contributed by atoms with Crippen LogP contribution >= 0.6 is 0 Å². The zero-order valence-electron chi connectivity index (χ0n) is 16.4. The van der Waals surface area contributed by atoms with Gasteiger partial charge in [0, 0.05) is 39.4 Å². The maximum Gasteiger partial charge on any atom is 0.416 e. The Morgan fingerprint density at radius 1 is 1.11 bits per heavy atom. The van der Waals surface area contributed by atoms with Crippen molar-refractivity contribution in [1.29, 1.82) is 0 Å². The van der Waals surface area contributed by atoms with Gasteiger partial charge in [0.15, 0.2) is 0 Å². The highest BCUT2D eigenvalue weighted by Gasteiger charge is 2.30. The number of anilines is 1. The number of rotatable bonds is 5. The summed E-state index contributed by atoms with van der Waals surface area (Å²) in [6.07, 6.45) is -3.57. The summed E-state index contributed by atoms with van der Waals surface area (Å²) in [6, 6.07) is 3.99. The Labute approximate surface area is 163 Å². The van der Waals surface area contributed by atoms with Gasteiger partial charge < -0.3 is 10.2 Å². The zero-order chi connectivity index (χ0) is 20.9. The average molecular weight is 400 g/mol. The van der Waals surface area contributed by atoms with Crippen LogP contribution in [0.15, 0.2) is 24.3 Å². The van der Waals surface area contributed by atoms with Crippen LogP contribution in [0.5, 0.6) is 0 Å². The summed E-state index contributed by atoms with van der Waals surface area (Å²) in [5, 5.41) is 2.67. The Bertz CT molecular complexity index is 677. The first-order valence-electron chi connectivity index (χ1n) is 9.22. The second-order valence-electron chi connectivity index (χ2n) is 7.19. The van der Waals surface area contributed by atoms with E-state index in [-0.39, 0.29) is 11.8 Å². The topological polar surface area (TPSA) is 55.9 Å². The number of alkyl halides is 3. The van der Waals surface area contributed by atoms with Crippen molar-refractivity contribution in [3.63, 3.8) is 0 Å². The molecule has 6 nitrogen and oxygen atoms in total. The van der Waals surface area contributed by atoms with Gasteiger partial charge in [0.1, 0.15) is 0 Å². The van der Waals surface area contributed by atoms with Crippen LogP contribution in [0, 0.1) is 0 Å². The lowest BCUT2D eigenvalue weighted by atomic mass is 10.2. The van der Waals surface area contributed by atoms with E-state index in [1.807, 2.05) is 4.90 Å². The minimum absolute atomic E-state index is 0.0431. The predicted molar refractivity (Wildman–Crippen MR) is 101 cm³/mol. The third kappa shape index (κ3) is 6.20. The molecule has 2 amide bonds. The van der Waals surface area contributed by atoms with E-state index < -0.39 is 17.8 Å². The SMILES string of the molecule is CC(C(=O)Nc1ccc(C(F)(F)F)cc1)N1CCCN(CC(=O)N(C)C)CC1. The first kappa shape index (κ1) is 22.2. The molecule has 0 aliphatic carbocycles. The lowest BCUT2D eigenvalue weighted by Crippen LogP contribution is -2.44. The van der Waals surface area contributed by atoms with Crippen LogP contribution in [0.2, 0.25) is 0 Å². The van der Waals surface area contributed by atoms with Crippen LogP contribution < -0.4 is 5.32 Å². The standard InChI is InChI=1S/C19H27F3N4O2/c1-14(18(28)23-16-7-5-15(6-8-16)19(20,21)22)26-10-4-9-25(11-12-26)13-17(27)24(2)3/h5-8,14H,4,9-13H2,1-3H3,(H,23,28). The monoisotopic (exact) mass is 400 g/mol. The van der Waals surface area contributed by atoms with Crippen molar-refractivity contribution in [2.75, 3.05) is 52.1 Å². The molecule has 2 rings (SSSR count). The minimum atomic E-state index is -4.40. The van der Waals surface area contributed by atoms with Crippen molar-refractivity contribution in [3.8, 4) is 0 Å². The van der Waals surface area contributed by atoms with Crippen molar-refractivity contribution >= 4 is 17.5 Å². The van der Waals surface area contributed by atoms with E-state index in [0.717, 1.165) is 25.1 Å². The molecule has 28 heavy (non-hydrogen) atoms. The number of carbonyl (C=O) groups is 2. The van der Waals surface area contributed by atoms with Crippen molar-refractivity contribution < 1.29 is 22.8 Å². The lowest BCUT2D eigenvalue weighted by molar-refractivity contribution is -0.137. The van der Waals surface area contributed by atoms with Gasteiger partial charge in [-0.3, -0.25) is 19.4 Å². The van der Waals surface area contributed by atoms with Gasteiger partial charge in [0.25, 0.3) is 0 Å². The van der Waals surface area contributed by atoms with Gasteiger partial charge in [-0.25, -0.2) is 0 Å². The molecule has 0 spiro atoms. The zero-order valence-corrected chi connectivity index (χ0v) is 16.4. The highest BCUT2D eigenvalue weighted by atomic mass is 19.4. The molecule has 1 atom stereocenters. The Morgan fingerprint density at radius 2 is 1.75 bits per heavy atom. The second-order valence-corrected chi connectivity index (χ2v) is 7.19. The fraction of sp³-hybridized carbons (Fsp3) is 0.579. The van der Waals surface area contributed by atoms with Gasteiger partial charge in [-0.15, -0.1) is 0 Å². The van der Waals surface area contributed by atoms with E-state index in [0.29, 0.717) is 31.9 Å². The van der Waals surface area contributed by atoms with E-state index >= 15 is 0 Å². The molecule has 1 aliphatic heterocycles. The quantitative estimate of drug-likeness (QED) is 0.823. The van der Waals surface area contributed by atoms with Gasteiger partial charge >= 0.3 is 6.18 Å². The van der Waals surface area contributed by atoms with Crippen molar-refractivity contribution in [1.82, 2.24) is 14.7 Å². The Morgan fingerprint density at radius 3 is 2.32 bits per heavy atom. The molecule has 1 unspecified atom stereocenters. The molecule has 1 aliphatic rings. The molecule has 0 aromatic heterocycles. The molecular formula is C19H27F3N4O2. The Hall–Kier alpha value is -2.13. The normalized spacial score (nSPS) is 17.6. The molecule has 1 heterocycles. The Kier molecular flexibility index (Phi) is 7.42. The Balaban J connectivity index is 1.89. The minimum Gasteiger partial charge on any atom is -0.348 e. The van der Waals surface area contributed by atoms with Crippen LogP contribution in [-0.4, -0.2) is 79.4 Å². The van der Waals surface area contributed by atoms with Gasteiger partial charge in [0.2, 0.25) is 11.8 Å². The van der Waals surface area contributed by atoms with E-state index in [9.17, 15) is 22.8 Å². The summed E-state index contributed by atoms with van der Waals surface area (Å²) in [6.45, 7) is 4.95. The average Bonchev–Trinajstić information content (AvgIpc) is 2.86. The maximum atomic E-state index is 12.6. The number of nitrogens with one attached hydrogen (secondary N) is 1. The summed E-state index contributed by atoms with van der Waals surface area (Å²) in [4.78, 5) is 30.0. The smallest absolute Gasteiger partial charge is 0.348 e. The fourth-order valence-corrected chi connectivity index (χ4v) is 3.02. The number of nitrogens with zero attached hydrogens (tertiary/aromatic N) is 3. The molecule has 0 radical (unpaired) electrons. The number of amides is 2. The molecule has 0 saturated carbocycles. The molecule has 1 N–H and O–H groups in total. The van der Waals surface area contributed by atoms with Crippen LogP contribution in [0.4, 0.5) is 18.9 Å². The fourth-order valence-electron chi connectivity index (χ4n) is 3.02. The van der Waals surface area contributed by atoms with Crippen LogP contribution in [0.1, 0.15) is 18.9 Å². The highest BCUT2D eigenvalue weighted by Crippen LogP contribution is 2.29. The van der Waals surface area contributed by atoms with Gasteiger partial charge in [0.05, 0.1) is 18.2 Å². The largest absolute Gasteiger partial charge is 0.416 e. The number of likely N-dealkylation sites (N-methyl/N-ethyl adjacent to an activating group) is 1. The molecule has 0 bridgehead atoms. The van der Waals surface area contributed by atoms with E-state index in [1.165, 1.54) is 12.1 Å². The van der Waals surface area contributed by atoms with Gasteiger partial charge in [-0.2, -0.15) is 13.2 Å². The highest BCUT2D eigenvalue weighted by molar-refractivity contribution is 5.94. The van der Waals surface area contributed by atoms with Crippen LogP contribution in [0.3, 0.4) is 0 Å². The molecule has 156 valence electrons. The first-order valence-corrected chi connectivity index (χ1v) is 9.22. The van der Waals surface area contributed by atoms with E-state index in [2.05, 4.69) is 10.2 Å². The number of benzene rings is 1. The summed E-state index contributed by atoms with van der Waals surface area (Å²) >= 11 is 0. The molecule has 1 fully saturated rings. The van der Waals surface area contributed by atoms with Crippen LogP contribution in [-0.2, 0) is 15.8 Å². The second kappa shape index (κ2) is 9.38. The van der Waals surface area contributed by atoms with Crippen LogP contribution in [0.25, 0.3) is 0 Å². The van der Waals surface area contributed by atoms with Gasteiger partial charge in [-0.05, 0) is 44.2 Å². The summed E-state index contributed by atoms with van der Waals surface area (Å²) in [5.74, 6) is -0.223. The maximum absolute atomic E-state index is 12.6. The van der Waals surface area contributed by atoms with Gasteiger partial charge in [-0.1, -0.05) is 0 Å². The predicted octanol–water partition coefficient (Wildman–Crippen LogP) is 2.13. The first-order chi connectivity index (χ1) is 13.1. The molecular weight excluding hydrogens is 373 g/mol. The van der Waals surface area contributed by atoms with Crippen molar-refractivity contribution in [2.24, 2.45) is 0 Å². The third-order valence-corrected chi connectivity index (χ3v) is 4.89. The summed E-state index contributed by atoms with van der Waals surface area (Å²) in [5.41, 5.74) is -0.420. The molecule has 1 aromatic rings. The number of hydrogen-bond donors (Lipinski definition) is 1.